The van der Waals surface area contributed by atoms with Crippen molar-refractivity contribution in [1.29, 1.82) is 0 Å². The summed E-state index contributed by atoms with van der Waals surface area (Å²) in [5.41, 5.74) is 1.59. The van der Waals surface area contributed by atoms with Crippen LogP contribution in [0.4, 0.5) is 5.82 Å². The molecule has 0 fully saturated rings. The zero-order valence-electron chi connectivity index (χ0n) is 13.5. The molecule has 0 radical (unpaired) electrons. The summed E-state index contributed by atoms with van der Waals surface area (Å²) < 4.78 is 4.98. The summed E-state index contributed by atoms with van der Waals surface area (Å²) in [6.07, 6.45) is 1.55. The van der Waals surface area contributed by atoms with E-state index in [-0.39, 0.29) is 18.4 Å². The van der Waals surface area contributed by atoms with Gasteiger partial charge in [0.1, 0.15) is 18.5 Å². The second-order valence-electron chi connectivity index (χ2n) is 5.55. The van der Waals surface area contributed by atoms with Crippen LogP contribution in [0.2, 0.25) is 0 Å². The minimum atomic E-state index is -0.606. The second kappa shape index (κ2) is 6.76. The lowest BCUT2D eigenvalue weighted by atomic mass is 10.1. The van der Waals surface area contributed by atoms with E-state index in [2.05, 4.69) is 15.3 Å². The average molecular weight is 326 g/mol. The van der Waals surface area contributed by atoms with Gasteiger partial charge >= 0.3 is 0 Å². The van der Waals surface area contributed by atoms with E-state index in [0.717, 1.165) is 5.56 Å². The van der Waals surface area contributed by atoms with E-state index in [1.807, 2.05) is 18.2 Å². The molecule has 1 N–H and O–H groups in total. The van der Waals surface area contributed by atoms with Crippen LogP contribution >= 0.6 is 0 Å². The Kier molecular flexibility index (Phi) is 4.52. The van der Waals surface area contributed by atoms with Crippen LogP contribution in [-0.4, -0.2) is 39.8 Å². The quantitative estimate of drug-likeness (QED) is 0.902. The molecule has 2 amide bonds. The van der Waals surface area contributed by atoms with Crippen LogP contribution in [0.25, 0.3) is 0 Å². The van der Waals surface area contributed by atoms with Crippen LogP contribution in [0.3, 0.4) is 0 Å². The van der Waals surface area contributed by atoms with Crippen molar-refractivity contribution in [1.82, 2.24) is 14.9 Å². The highest BCUT2D eigenvalue weighted by atomic mass is 16.5. The fourth-order valence-corrected chi connectivity index (χ4v) is 2.63. The normalized spacial score (nSPS) is 14.4. The molecule has 0 aliphatic carbocycles. The Labute approximate surface area is 139 Å². The number of carbonyl (C=O) groups is 2. The molecule has 2 aromatic rings. The summed E-state index contributed by atoms with van der Waals surface area (Å²) >= 11 is 0. The molecule has 1 atom stereocenters. The number of benzene rings is 1. The Bertz CT molecular complexity index is 778. The minimum Gasteiger partial charge on any atom is -0.377 e. The van der Waals surface area contributed by atoms with E-state index >= 15 is 0 Å². The summed E-state index contributed by atoms with van der Waals surface area (Å²) in [5, 5.41) is 2.73. The highest BCUT2D eigenvalue weighted by molar-refractivity contribution is 6.03. The van der Waals surface area contributed by atoms with Crippen molar-refractivity contribution in [2.45, 2.75) is 26.1 Å². The summed E-state index contributed by atoms with van der Waals surface area (Å²) in [6.45, 7) is 2.40. The maximum Gasteiger partial charge on any atom is 0.255 e. The van der Waals surface area contributed by atoms with Gasteiger partial charge in [-0.05, 0) is 24.6 Å². The number of carbonyl (C=O) groups excluding carboxylic acids is 2. The summed E-state index contributed by atoms with van der Waals surface area (Å²) in [5.74, 6) is 0.444. The van der Waals surface area contributed by atoms with E-state index in [0.29, 0.717) is 23.8 Å². The highest BCUT2D eigenvalue weighted by Crippen LogP contribution is 2.24. The predicted octanol–water partition coefficient (Wildman–Crippen LogP) is 1.61. The molecule has 0 spiro atoms. The molecule has 7 nitrogen and oxygen atoms in total. The Morgan fingerprint density at radius 1 is 1.38 bits per heavy atom. The van der Waals surface area contributed by atoms with Crippen molar-refractivity contribution in [3.63, 3.8) is 0 Å². The van der Waals surface area contributed by atoms with Crippen LogP contribution in [0.1, 0.15) is 28.7 Å². The molecule has 0 saturated heterocycles. The van der Waals surface area contributed by atoms with Crippen LogP contribution in [0.15, 0.2) is 36.5 Å². The molecule has 2 heterocycles. The molecular weight excluding hydrogens is 308 g/mol. The molecule has 0 unspecified atom stereocenters. The summed E-state index contributed by atoms with van der Waals surface area (Å²) in [4.78, 5) is 34.7. The van der Waals surface area contributed by atoms with E-state index in [1.165, 1.54) is 0 Å². The van der Waals surface area contributed by atoms with Gasteiger partial charge in [0.05, 0.1) is 0 Å². The molecule has 0 saturated carbocycles. The number of amides is 2. The molecule has 24 heavy (non-hydrogen) atoms. The first-order valence-corrected chi connectivity index (χ1v) is 7.60. The van der Waals surface area contributed by atoms with Crippen molar-refractivity contribution in [2.24, 2.45) is 0 Å². The molecule has 7 heteroatoms. The number of nitrogens with one attached hydrogen (secondary N) is 1. The lowest BCUT2D eigenvalue weighted by Crippen LogP contribution is -2.42. The number of nitrogens with zero attached hydrogens (tertiary/aromatic N) is 3. The Balaban J connectivity index is 1.70. The number of anilines is 1. The number of aromatic nitrogens is 2. The van der Waals surface area contributed by atoms with Gasteiger partial charge in [-0.25, -0.2) is 9.97 Å². The molecule has 1 aliphatic rings. The fourth-order valence-electron chi connectivity index (χ4n) is 2.63. The monoisotopic (exact) mass is 326 g/mol. The fraction of sp³-hybridized carbons (Fsp3) is 0.294. The third-order valence-corrected chi connectivity index (χ3v) is 3.93. The van der Waals surface area contributed by atoms with Gasteiger partial charge in [0, 0.05) is 25.4 Å². The SMILES string of the molecule is COCc1nccc(NC(=O)[C@@H](C)N2Cc3ccccc3C2=O)n1. The Morgan fingerprint density at radius 3 is 2.92 bits per heavy atom. The van der Waals surface area contributed by atoms with Gasteiger partial charge < -0.3 is 15.0 Å². The smallest absolute Gasteiger partial charge is 0.255 e. The van der Waals surface area contributed by atoms with E-state index in [4.69, 9.17) is 4.74 Å². The lowest BCUT2D eigenvalue weighted by molar-refractivity contribution is -0.120. The van der Waals surface area contributed by atoms with Gasteiger partial charge in [-0.3, -0.25) is 9.59 Å². The maximum atomic E-state index is 12.5. The largest absolute Gasteiger partial charge is 0.377 e. The zero-order chi connectivity index (χ0) is 17.1. The summed E-state index contributed by atoms with van der Waals surface area (Å²) in [7, 11) is 1.55. The van der Waals surface area contributed by atoms with Gasteiger partial charge in [0.2, 0.25) is 5.91 Å². The number of hydrogen-bond donors (Lipinski definition) is 1. The van der Waals surface area contributed by atoms with Gasteiger partial charge in [0.25, 0.3) is 5.91 Å². The first-order valence-electron chi connectivity index (χ1n) is 7.60. The molecule has 3 rings (SSSR count). The van der Waals surface area contributed by atoms with Crippen LogP contribution < -0.4 is 5.32 Å². The van der Waals surface area contributed by atoms with Gasteiger partial charge in [-0.15, -0.1) is 0 Å². The number of hydrogen-bond acceptors (Lipinski definition) is 5. The topological polar surface area (TPSA) is 84.4 Å². The van der Waals surface area contributed by atoms with E-state index in [9.17, 15) is 9.59 Å². The van der Waals surface area contributed by atoms with Crippen molar-refractivity contribution in [2.75, 3.05) is 12.4 Å². The third-order valence-electron chi connectivity index (χ3n) is 3.93. The third kappa shape index (κ3) is 3.11. The van der Waals surface area contributed by atoms with Gasteiger partial charge in [-0.1, -0.05) is 18.2 Å². The highest BCUT2D eigenvalue weighted by Gasteiger charge is 2.33. The standard InChI is InChI=1S/C17H18N4O3/c1-11(21-9-12-5-3-4-6-13(12)17(21)23)16(22)20-14-7-8-18-15(19-14)10-24-2/h3-8,11H,9-10H2,1-2H3,(H,18,19,20,22)/t11-/m1/s1. The Hall–Kier alpha value is -2.80. The first-order chi connectivity index (χ1) is 11.6. The van der Waals surface area contributed by atoms with Gasteiger partial charge in [0.15, 0.2) is 5.82 Å². The van der Waals surface area contributed by atoms with E-state index in [1.54, 1.807) is 37.3 Å². The number of fused-ring (bicyclic) bond motifs is 1. The number of methoxy groups -OCH3 is 1. The predicted molar refractivity (Wildman–Crippen MR) is 87.2 cm³/mol. The van der Waals surface area contributed by atoms with Crippen LogP contribution in [0, 0.1) is 0 Å². The summed E-state index contributed by atoms with van der Waals surface area (Å²) in [6, 6.07) is 8.39. The maximum absolute atomic E-state index is 12.5. The zero-order valence-corrected chi connectivity index (χ0v) is 13.5. The lowest BCUT2D eigenvalue weighted by Gasteiger charge is -2.23. The second-order valence-corrected chi connectivity index (χ2v) is 5.55. The van der Waals surface area contributed by atoms with Crippen molar-refractivity contribution < 1.29 is 14.3 Å². The van der Waals surface area contributed by atoms with Crippen molar-refractivity contribution in [3.05, 3.63) is 53.5 Å². The molecule has 0 bridgehead atoms. The van der Waals surface area contributed by atoms with Crippen molar-refractivity contribution >= 4 is 17.6 Å². The minimum absolute atomic E-state index is 0.129. The van der Waals surface area contributed by atoms with Crippen molar-refractivity contribution in [3.8, 4) is 0 Å². The average Bonchev–Trinajstić information content (AvgIpc) is 2.92. The molecular formula is C17H18N4O3. The molecule has 124 valence electrons. The van der Waals surface area contributed by atoms with E-state index < -0.39 is 6.04 Å². The molecule has 1 aliphatic heterocycles. The number of ether oxygens (including phenoxy) is 1. The first kappa shape index (κ1) is 16.1. The Morgan fingerprint density at radius 2 is 2.17 bits per heavy atom. The molecule has 1 aromatic heterocycles. The van der Waals surface area contributed by atoms with Crippen LogP contribution in [0.5, 0.6) is 0 Å². The molecule has 1 aromatic carbocycles. The number of rotatable bonds is 5. The van der Waals surface area contributed by atoms with Crippen LogP contribution in [-0.2, 0) is 22.7 Å². The van der Waals surface area contributed by atoms with Gasteiger partial charge in [-0.2, -0.15) is 0 Å².